The highest BCUT2D eigenvalue weighted by molar-refractivity contribution is 7.92. The number of benzene rings is 3. The molecule has 0 spiro atoms. The number of amides is 1. The van der Waals surface area contributed by atoms with E-state index in [0.717, 1.165) is 21.0 Å². The van der Waals surface area contributed by atoms with E-state index < -0.39 is 10.0 Å². The predicted octanol–water partition coefficient (Wildman–Crippen LogP) is 4.71. The molecule has 0 heterocycles. The molecule has 156 valence electrons. The van der Waals surface area contributed by atoms with E-state index in [0.29, 0.717) is 12.2 Å². The predicted molar refractivity (Wildman–Crippen MR) is 121 cm³/mol. The Kier molecular flexibility index (Phi) is 6.48. The third-order valence-corrected chi connectivity index (χ3v) is 6.89. The second kappa shape index (κ2) is 8.90. The number of nitrogens with one attached hydrogen (secondary N) is 1. The van der Waals surface area contributed by atoms with Gasteiger partial charge in [0.1, 0.15) is 0 Å². The van der Waals surface area contributed by atoms with Gasteiger partial charge in [-0.2, -0.15) is 0 Å². The largest absolute Gasteiger partial charge is 0.348 e. The molecule has 0 bridgehead atoms. The fraction of sp³-hybridized carbons (Fsp3) is 0.174. The van der Waals surface area contributed by atoms with Crippen molar-refractivity contribution in [1.82, 2.24) is 5.32 Å². The molecule has 0 saturated heterocycles. The van der Waals surface area contributed by atoms with Gasteiger partial charge in [-0.3, -0.25) is 9.10 Å². The van der Waals surface area contributed by atoms with Crippen LogP contribution in [-0.2, 0) is 16.6 Å². The number of anilines is 1. The lowest BCUT2D eigenvalue weighted by Gasteiger charge is -2.20. The third kappa shape index (κ3) is 4.83. The van der Waals surface area contributed by atoms with Gasteiger partial charge in [0.05, 0.1) is 21.2 Å². The highest BCUT2D eigenvalue weighted by atomic mass is 35.5. The zero-order chi connectivity index (χ0) is 21.9. The van der Waals surface area contributed by atoms with E-state index in [1.54, 1.807) is 30.3 Å². The minimum atomic E-state index is -3.73. The number of hydrogen-bond acceptors (Lipinski definition) is 3. The Morgan fingerprint density at radius 1 is 0.967 bits per heavy atom. The van der Waals surface area contributed by atoms with Crippen molar-refractivity contribution in [2.24, 2.45) is 0 Å². The normalized spacial score (nSPS) is 11.2. The zero-order valence-electron chi connectivity index (χ0n) is 17.0. The summed E-state index contributed by atoms with van der Waals surface area (Å²) in [6.07, 6.45) is 0. The van der Waals surface area contributed by atoms with Crippen molar-refractivity contribution in [2.75, 3.05) is 11.4 Å². The first-order valence-electron chi connectivity index (χ1n) is 9.37. The monoisotopic (exact) mass is 442 g/mol. The van der Waals surface area contributed by atoms with Gasteiger partial charge in [0, 0.05) is 13.6 Å². The lowest BCUT2D eigenvalue weighted by Crippen LogP contribution is -2.27. The number of aryl methyl sites for hydroxylation is 2. The van der Waals surface area contributed by atoms with Crippen molar-refractivity contribution < 1.29 is 13.2 Å². The second-order valence-corrected chi connectivity index (χ2v) is 9.50. The molecule has 0 aliphatic rings. The quantitative estimate of drug-likeness (QED) is 0.601. The summed E-state index contributed by atoms with van der Waals surface area (Å²) in [5, 5.41) is 3.02. The highest BCUT2D eigenvalue weighted by Gasteiger charge is 2.22. The summed E-state index contributed by atoms with van der Waals surface area (Å²) in [7, 11) is -2.28. The van der Waals surface area contributed by atoms with Crippen LogP contribution in [0.4, 0.5) is 5.69 Å². The number of carbonyl (C=O) groups excluding carboxylic acids is 1. The van der Waals surface area contributed by atoms with Gasteiger partial charge in [-0.05, 0) is 49.7 Å². The summed E-state index contributed by atoms with van der Waals surface area (Å²) in [5.41, 5.74) is 3.73. The molecule has 0 saturated carbocycles. The fourth-order valence-electron chi connectivity index (χ4n) is 2.99. The lowest BCUT2D eigenvalue weighted by atomic mass is 10.1. The Hall–Kier alpha value is -2.83. The Labute approximate surface area is 182 Å². The topological polar surface area (TPSA) is 66.5 Å². The van der Waals surface area contributed by atoms with Crippen molar-refractivity contribution in [3.8, 4) is 0 Å². The maximum absolute atomic E-state index is 12.9. The van der Waals surface area contributed by atoms with Crippen LogP contribution in [0, 0.1) is 13.8 Å². The zero-order valence-corrected chi connectivity index (χ0v) is 18.6. The first-order chi connectivity index (χ1) is 14.2. The van der Waals surface area contributed by atoms with Crippen LogP contribution >= 0.6 is 11.6 Å². The summed E-state index contributed by atoms with van der Waals surface area (Å²) in [6.45, 7) is 4.25. The first kappa shape index (κ1) is 21.9. The molecule has 7 heteroatoms. The molecule has 0 unspecified atom stereocenters. The van der Waals surface area contributed by atoms with Crippen LogP contribution in [0.25, 0.3) is 0 Å². The molecule has 1 amide bonds. The molecule has 1 N–H and O–H groups in total. The first-order valence-corrected chi connectivity index (χ1v) is 11.2. The third-order valence-electron chi connectivity index (χ3n) is 4.78. The molecule has 0 fully saturated rings. The van der Waals surface area contributed by atoms with E-state index in [-0.39, 0.29) is 21.4 Å². The van der Waals surface area contributed by atoms with Crippen LogP contribution in [0.2, 0.25) is 5.02 Å². The number of sulfonamides is 1. The van der Waals surface area contributed by atoms with Gasteiger partial charge in [-0.25, -0.2) is 8.42 Å². The van der Waals surface area contributed by atoms with Gasteiger partial charge < -0.3 is 5.32 Å². The van der Waals surface area contributed by atoms with E-state index in [1.807, 2.05) is 38.1 Å². The Morgan fingerprint density at radius 3 is 2.30 bits per heavy atom. The molecule has 3 aromatic rings. The molecule has 3 rings (SSSR count). The Bertz CT molecular complexity index is 1180. The van der Waals surface area contributed by atoms with Gasteiger partial charge in [0.2, 0.25) is 0 Å². The van der Waals surface area contributed by atoms with Crippen molar-refractivity contribution in [3.63, 3.8) is 0 Å². The maximum atomic E-state index is 12.9. The molecule has 0 aromatic heterocycles. The Balaban J connectivity index is 1.77. The summed E-state index contributed by atoms with van der Waals surface area (Å²) in [5.74, 6) is -0.322. The molecule has 0 aliphatic heterocycles. The molecule has 30 heavy (non-hydrogen) atoms. The molecular formula is C23H23ClN2O3S. The van der Waals surface area contributed by atoms with Crippen LogP contribution in [0.1, 0.15) is 27.0 Å². The van der Waals surface area contributed by atoms with Crippen LogP contribution in [0.15, 0.2) is 71.6 Å². The molecule has 0 atom stereocenters. The minimum Gasteiger partial charge on any atom is -0.348 e. The van der Waals surface area contributed by atoms with Crippen molar-refractivity contribution in [1.29, 1.82) is 0 Å². The van der Waals surface area contributed by atoms with E-state index in [4.69, 9.17) is 11.6 Å². The van der Waals surface area contributed by atoms with Crippen molar-refractivity contribution >= 4 is 33.2 Å². The van der Waals surface area contributed by atoms with Crippen LogP contribution in [-0.4, -0.2) is 21.4 Å². The summed E-state index contributed by atoms with van der Waals surface area (Å²) >= 11 is 6.31. The van der Waals surface area contributed by atoms with Gasteiger partial charge in [0.25, 0.3) is 15.9 Å². The smallest absolute Gasteiger partial charge is 0.264 e. The van der Waals surface area contributed by atoms with Gasteiger partial charge >= 0.3 is 0 Å². The molecule has 0 radical (unpaired) electrons. The summed E-state index contributed by atoms with van der Waals surface area (Å²) in [4.78, 5) is 12.7. The van der Waals surface area contributed by atoms with E-state index >= 15 is 0 Å². The Morgan fingerprint density at radius 2 is 1.67 bits per heavy atom. The van der Waals surface area contributed by atoms with E-state index in [2.05, 4.69) is 5.32 Å². The van der Waals surface area contributed by atoms with Crippen LogP contribution in [0.5, 0.6) is 0 Å². The summed E-state index contributed by atoms with van der Waals surface area (Å²) < 4.78 is 26.9. The SMILES string of the molecule is Cc1ccc(S(=O)(=O)N(C)c2ccc(C(=O)NCc3cccc(C)c3)c(Cl)c2)cc1. The minimum absolute atomic E-state index is 0.181. The van der Waals surface area contributed by atoms with Gasteiger partial charge in [-0.1, -0.05) is 59.1 Å². The second-order valence-electron chi connectivity index (χ2n) is 7.12. The molecule has 0 aliphatic carbocycles. The number of hydrogen-bond donors (Lipinski definition) is 1. The molecular weight excluding hydrogens is 420 g/mol. The maximum Gasteiger partial charge on any atom is 0.264 e. The summed E-state index contributed by atoms with van der Waals surface area (Å²) in [6, 6.07) is 19.1. The lowest BCUT2D eigenvalue weighted by molar-refractivity contribution is 0.0951. The highest BCUT2D eigenvalue weighted by Crippen LogP contribution is 2.27. The van der Waals surface area contributed by atoms with Gasteiger partial charge in [-0.15, -0.1) is 0 Å². The van der Waals surface area contributed by atoms with Gasteiger partial charge in [0.15, 0.2) is 0 Å². The fourth-order valence-corrected chi connectivity index (χ4v) is 4.44. The van der Waals surface area contributed by atoms with Crippen molar-refractivity contribution in [2.45, 2.75) is 25.3 Å². The van der Waals surface area contributed by atoms with Crippen LogP contribution in [0.3, 0.4) is 0 Å². The average molecular weight is 443 g/mol. The number of carbonyl (C=O) groups is 1. The molecule has 3 aromatic carbocycles. The van der Waals surface area contributed by atoms with Crippen molar-refractivity contribution in [3.05, 3.63) is 94.0 Å². The number of halogens is 1. The standard InChI is InChI=1S/C23H23ClN2O3S/c1-16-7-10-20(11-8-16)30(28,29)26(3)19-9-12-21(22(24)14-19)23(27)25-15-18-6-4-5-17(2)13-18/h4-14H,15H2,1-3H3,(H,25,27). The average Bonchev–Trinajstić information content (AvgIpc) is 2.71. The van der Waals surface area contributed by atoms with E-state index in [9.17, 15) is 13.2 Å². The van der Waals surface area contributed by atoms with E-state index in [1.165, 1.54) is 19.2 Å². The number of nitrogens with zero attached hydrogens (tertiary/aromatic N) is 1. The van der Waals surface area contributed by atoms with Crippen LogP contribution < -0.4 is 9.62 Å². The number of rotatable bonds is 6. The molecule has 5 nitrogen and oxygen atoms in total.